The lowest BCUT2D eigenvalue weighted by atomic mass is 9.83. The first-order valence-corrected chi connectivity index (χ1v) is 11.5. The lowest BCUT2D eigenvalue weighted by Gasteiger charge is -2.37. The van der Waals surface area contributed by atoms with Gasteiger partial charge in [-0.1, -0.05) is 12.5 Å². The van der Waals surface area contributed by atoms with E-state index in [0.717, 1.165) is 87.7 Å². The summed E-state index contributed by atoms with van der Waals surface area (Å²) < 4.78 is 0. The maximum Gasteiger partial charge on any atom is 0.225 e. The van der Waals surface area contributed by atoms with Crippen molar-refractivity contribution in [3.05, 3.63) is 47.2 Å². The number of pyridine rings is 1. The molecule has 0 bridgehead atoms. The molecule has 2 fully saturated rings. The molecule has 1 saturated carbocycles. The second kappa shape index (κ2) is 8.32. The van der Waals surface area contributed by atoms with Crippen molar-refractivity contribution in [2.75, 3.05) is 24.5 Å². The van der Waals surface area contributed by atoms with E-state index in [9.17, 15) is 4.79 Å². The van der Waals surface area contributed by atoms with Gasteiger partial charge in [0.2, 0.25) is 5.91 Å². The summed E-state index contributed by atoms with van der Waals surface area (Å²) in [5, 5.41) is 0. The maximum atomic E-state index is 12.8. The van der Waals surface area contributed by atoms with Crippen LogP contribution in [0.1, 0.15) is 67.2 Å². The zero-order valence-electron chi connectivity index (χ0n) is 17.9. The molecule has 1 amide bonds. The molecule has 6 heteroatoms. The van der Waals surface area contributed by atoms with Gasteiger partial charge in [-0.2, -0.15) is 0 Å². The highest BCUT2D eigenvalue weighted by molar-refractivity contribution is 5.79. The molecule has 0 radical (unpaired) electrons. The fourth-order valence-electron chi connectivity index (χ4n) is 5.03. The van der Waals surface area contributed by atoms with Crippen molar-refractivity contribution >= 4 is 11.7 Å². The van der Waals surface area contributed by atoms with E-state index in [0.29, 0.717) is 5.91 Å². The number of carbonyl (C=O) groups excluding carboxylic acids is 1. The molecule has 1 saturated heterocycles. The Balaban J connectivity index is 1.39. The van der Waals surface area contributed by atoms with Crippen LogP contribution in [0.25, 0.3) is 0 Å². The van der Waals surface area contributed by atoms with Crippen molar-refractivity contribution in [2.45, 2.75) is 64.3 Å². The molecule has 0 unspecified atom stereocenters. The molecule has 0 spiro atoms. The normalized spacial score (nSPS) is 21.8. The van der Waals surface area contributed by atoms with Crippen molar-refractivity contribution in [2.24, 2.45) is 5.92 Å². The molecular weight excluding hydrogens is 374 g/mol. The van der Waals surface area contributed by atoms with Gasteiger partial charge in [0.1, 0.15) is 11.6 Å². The Labute approximate surface area is 178 Å². The van der Waals surface area contributed by atoms with Gasteiger partial charge in [0.25, 0.3) is 0 Å². The number of nitrogens with zero attached hydrogens (tertiary/aromatic N) is 5. The molecule has 30 heavy (non-hydrogen) atoms. The Kier molecular flexibility index (Phi) is 5.40. The maximum absolute atomic E-state index is 12.8. The van der Waals surface area contributed by atoms with Gasteiger partial charge in [0.15, 0.2) is 0 Å². The second-order valence-electron chi connectivity index (χ2n) is 9.07. The first-order chi connectivity index (χ1) is 14.7. The van der Waals surface area contributed by atoms with Crippen LogP contribution in [-0.2, 0) is 17.8 Å². The average Bonchev–Trinajstić information content (AvgIpc) is 2.74. The third kappa shape index (κ3) is 3.80. The number of aryl methyl sites for hydroxylation is 1. The highest BCUT2D eigenvalue weighted by Crippen LogP contribution is 2.34. The molecule has 1 aliphatic carbocycles. The fraction of sp³-hybridized carbons (Fsp3) is 0.583. The predicted octanol–water partition coefficient (Wildman–Crippen LogP) is 3.64. The highest BCUT2D eigenvalue weighted by Gasteiger charge is 2.34. The number of hydrogen-bond donors (Lipinski definition) is 0. The summed E-state index contributed by atoms with van der Waals surface area (Å²) in [5.74, 6) is 2.87. The van der Waals surface area contributed by atoms with Crippen molar-refractivity contribution < 1.29 is 4.79 Å². The molecule has 2 aliphatic heterocycles. The van der Waals surface area contributed by atoms with Gasteiger partial charge >= 0.3 is 0 Å². The summed E-state index contributed by atoms with van der Waals surface area (Å²) >= 11 is 0. The second-order valence-corrected chi connectivity index (χ2v) is 9.07. The summed E-state index contributed by atoms with van der Waals surface area (Å²) in [7, 11) is 0. The minimum absolute atomic E-state index is 0.241. The zero-order chi connectivity index (χ0) is 20.5. The van der Waals surface area contributed by atoms with E-state index in [1.165, 1.54) is 12.0 Å². The Morgan fingerprint density at radius 3 is 2.77 bits per heavy atom. The molecule has 6 nitrogen and oxygen atoms in total. The molecule has 3 aliphatic rings. The van der Waals surface area contributed by atoms with Crippen LogP contribution in [0.2, 0.25) is 0 Å². The topological polar surface area (TPSA) is 62.2 Å². The summed E-state index contributed by atoms with van der Waals surface area (Å²) in [4.78, 5) is 31.8. The van der Waals surface area contributed by atoms with Crippen molar-refractivity contribution in [3.8, 4) is 0 Å². The summed E-state index contributed by atoms with van der Waals surface area (Å²) in [6.45, 7) is 5.56. The van der Waals surface area contributed by atoms with Crippen LogP contribution in [0.3, 0.4) is 0 Å². The highest BCUT2D eigenvalue weighted by atomic mass is 16.2. The number of anilines is 1. The molecule has 5 rings (SSSR count). The molecule has 1 atom stereocenters. The van der Waals surface area contributed by atoms with Crippen molar-refractivity contribution in [1.29, 1.82) is 0 Å². The molecule has 0 N–H and O–H groups in total. The van der Waals surface area contributed by atoms with E-state index in [2.05, 4.69) is 27.8 Å². The number of likely N-dealkylation sites (tertiary alicyclic amines) is 1. The van der Waals surface area contributed by atoms with Crippen LogP contribution in [0.4, 0.5) is 5.82 Å². The van der Waals surface area contributed by atoms with Crippen LogP contribution in [-0.4, -0.2) is 45.4 Å². The van der Waals surface area contributed by atoms with E-state index in [-0.39, 0.29) is 11.8 Å². The minimum Gasteiger partial charge on any atom is -0.350 e. The third-order valence-electron chi connectivity index (χ3n) is 7.00. The fourth-order valence-corrected chi connectivity index (χ4v) is 5.03. The van der Waals surface area contributed by atoms with E-state index < -0.39 is 0 Å². The Hall–Kier alpha value is -2.50. The standard InChI is InChI=1S/C24H31N5O/c1-17-21-11-6-13-28(16-20-10-2-3-12-25-20)23(21)27-22(26-17)19-9-5-14-29(15-19)24(30)18-7-4-8-18/h2-3,10,12,18-19H,4-9,11,13-16H2,1H3/t19-/m1/s1. The smallest absolute Gasteiger partial charge is 0.225 e. The lowest BCUT2D eigenvalue weighted by molar-refractivity contribution is -0.139. The van der Waals surface area contributed by atoms with Gasteiger partial charge < -0.3 is 9.80 Å². The van der Waals surface area contributed by atoms with Crippen LogP contribution < -0.4 is 4.90 Å². The van der Waals surface area contributed by atoms with Crippen LogP contribution in [0, 0.1) is 12.8 Å². The van der Waals surface area contributed by atoms with Gasteiger partial charge in [-0.25, -0.2) is 9.97 Å². The summed E-state index contributed by atoms with van der Waals surface area (Å²) in [6, 6.07) is 6.08. The van der Waals surface area contributed by atoms with Crippen LogP contribution in [0.15, 0.2) is 24.4 Å². The van der Waals surface area contributed by atoms with Crippen molar-refractivity contribution in [3.63, 3.8) is 0 Å². The largest absolute Gasteiger partial charge is 0.350 e. The number of rotatable bonds is 4. The SMILES string of the molecule is Cc1nc([C@@H]2CCCN(C(=O)C3CCC3)C2)nc2c1CCCN2Cc1ccccn1. The minimum atomic E-state index is 0.241. The monoisotopic (exact) mass is 405 g/mol. The predicted molar refractivity (Wildman–Crippen MR) is 116 cm³/mol. The molecule has 2 aromatic rings. The number of fused-ring (bicyclic) bond motifs is 1. The van der Waals surface area contributed by atoms with Gasteiger partial charge in [0, 0.05) is 48.9 Å². The van der Waals surface area contributed by atoms with Crippen LogP contribution in [0.5, 0.6) is 0 Å². The van der Waals surface area contributed by atoms with Gasteiger partial charge in [0.05, 0.1) is 12.2 Å². The molecule has 0 aromatic carbocycles. The zero-order valence-corrected chi connectivity index (χ0v) is 17.9. The molecular formula is C24H31N5O. The third-order valence-corrected chi connectivity index (χ3v) is 7.00. The Morgan fingerprint density at radius 2 is 2.00 bits per heavy atom. The van der Waals surface area contributed by atoms with E-state index in [1.807, 2.05) is 18.3 Å². The Morgan fingerprint density at radius 1 is 1.10 bits per heavy atom. The quantitative estimate of drug-likeness (QED) is 0.777. The summed E-state index contributed by atoms with van der Waals surface area (Å²) in [6.07, 6.45) is 9.45. The molecule has 2 aromatic heterocycles. The number of piperidine rings is 1. The average molecular weight is 406 g/mol. The molecule has 158 valence electrons. The number of amides is 1. The van der Waals surface area contributed by atoms with Gasteiger partial charge in [-0.15, -0.1) is 0 Å². The number of aromatic nitrogens is 3. The van der Waals surface area contributed by atoms with Gasteiger partial charge in [-0.05, 0) is 57.6 Å². The van der Waals surface area contributed by atoms with E-state index >= 15 is 0 Å². The van der Waals surface area contributed by atoms with Crippen LogP contribution >= 0.6 is 0 Å². The van der Waals surface area contributed by atoms with E-state index in [1.54, 1.807) is 0 Å². The van der Waals surface area contributed by atoms with Gasteiger partial charge in [-0.3, -0.25) is 9.78 Å². The lowest BCUT2D eigenvalue weighted by Crippen LogP contribution is -2.44. The van der Waals surface area contributed by atoms with E-state index in [4.69, 9.17) is 9.97 Å². The molecule has 4 heterocycles. The first kappa shape index (κ1) is 19.5. The summed E-state index contributed by atoms with van der Waals surface area (Å²) in [5.41, 5.74) is 3.44. The van der Waals surface area contributed by atoms with Crippen molar-refractivity contribution in [1.82, 2.24) is 19.9 Å². The number of carbonyl (C=O) groups is 1. The Bertz CT molecular complexity index is 911. The first-order valence-electron chi connectivity index (χ1n) is 11.5. The number of hydrogen-bond acceptors (Lipinski definition) is 5.